The Morgan fingerprint density at radius 3 is 2.23 bits per heavy atom. The molecule has 0 fully saturated rings. The van der Waals surface area contributed by atoms with Crippen molar-refractivity contribution < 1.29 is 4.79 Å². The van der Waals surface area contributed by atoms with E-state index in [-0.39, 0.29) is 18.2 Å². The number of Topliss-reactive ketones (excluding diaryl/α,β-unsaturated/α-hetero) is 1. The lowest BCUT2D eigenvalue weighted by atomic mass is 10.1. The van der Waals surface area contributed by atoms with Gasteiger partial charge in [-0.3, -0.25) is 4.79 Å². The number of hydrogen-bond acceptors (Lipinski definition) is 2. The van der Waals surface area contributed by atoms with Crippen LogP contribution in [-0.4, -0.2) is 31.3 Å². The first-order chi connectivity index (χ1) is 5.70. The number of hydrogen-bond donors (Lipinski definition) is 0. The standard InChI is InChI=1S/C10H13NO.ClH/c1-11(2)8-10(12)9-6-4-3-5-7-9;/h3-7H,8H2,1-2H3;1H. The van der Waals surface area contributed by atoms with Gasteiger partial charge < -0.3 is 4.90 Å². The van der Waals surface area contributed by atoms with E-state index < -0.39 is 0 Å². The van der Waals surface area contributed by atoms with Crippen molar-refractivity contribution in [2.24, 2.45) is 0 Å². The minimum atomic E-state index is 0. The van der Waals surface area contributed by atoms with E-state index in [1.807, 2.05) is 49.3 Å². The third-order valence-corrected chi connectivity index (χ3v) is 1.56. The van der Waals surface area contributed by atoms with Crippen LogP contribution in [0.3, 0.4) is 0 Å². The summed E-state index contributed by atoms with van der Waals surface area (Å²) < 4.78 is 0. The molecule has 0 radical (unpaired) electrons. The Morgan fingerprint density at radius 2 is 1.77 bits per heavy atom. The molecule has 72 valence electrons. The lowest BCUT2D eigenvalue weighted by Gasteiger charge is -2.07. The number of ketones is 1. The van der Waals surface area contributed by atoms with E-state index in [1.54, 1.807) is 0 Å². The molecule has 0 heterocycles. The monoisotopic (exact) mass is 199 g/mol. The van der Waals surface area contributed by atoms with Crippen LogP contribution in [0.15, 0.2) is 30.3 Å². The highest BCUT2D eigenvalue weighted by Crippen LogP contribution is 1.99. The molecule has 0 aromatic heterocycles. The Kier molecular flexibility index (Phi) is 5.35. The van der Waals surface area contributed by atoms with E-state index in [9.17, 15) is 4.79 Å². The molecule has 0 amide bonds. The van der Waals surface area contributed by atoms with Gasteiger partial charge in [-0.2, -0.15) is 0 Å². The zero-order valence-electron chi connectivity index (χ0n) is 7.86. The van der Waals surface area contributed by atoms with Gasteiger partial charge in [0.1, 0.15) is 0 Å². The van der Waals surface area contributed by atoms with Gasteiger partial charge in [0.05, 0.1) is 6.54 Å². The van der Waals surface area contributed by atoms with E-state index in [1.165, 1.54) is 0 Å². The van der Waals surface area contributed by atoms with Crippen LogP contribution in [0, 0.1) is 0 Å². The van der Waals surface area contributed by atoms with Gasteiger partial charge in [-0.1, -0.05) is 30.3 Å². The smallest absolute Gasteiger partial charge is 0.176 e. The molecule has 13 heavy (non-hydrogen) atoms. The lowest BCUT2D eigenvalue weighted by Crippen LogP contribution is -2.21. The van der Waals surface area contributed by atoms with Crippen LogP contribution in [0.4, 0.5) is 0 Å². The van der Waals surface area contributed by atoms with Gasteiger partial charge in [0.2, 0.25) is 0 Å². The van der Waals surface area contributed by atoms with Gasteiger partial charge in [0.15, 0.2) is 5.78 Å². The second-order valence-electron chi connectivity index (χ2n) is 3.03. The molecule has 0 unspecified atom stereocenters. The highest BCUT2D eigenvalue weighted by Gasteiger charge is 2.04. The number of carbonyl (C=O) groups excluding carboxylic acids is 1. The largest absolute Gasteiger partial charge is 0.302 e. The van der Waals surface area contributed by atoms with Crippen LogP contribution in [0.1, 0.15) is 10.4 Å². The fourth-order valence-electron chi connectivity index (χ4n) is 1.00. The van der Waals surface area contributed by atoms with Gasteiger partial charge in [0.25, 0.3) is 0 Å². The third kappa shape index (κ3) is 4.06. The van der Waals surface area contributed by atoms with Crippen molar-refractivity contribution in [3.63, 3.8) is 0 Å². The second kappa shape index (κ2) is 5.73. The molecule has 0 bridgehead atoms. The topological polar surface area (TPSA) is 20.3 Å². The van der Waals surface area contributed by atoms with Crippen molar-refractivity contribution in [1.29, 1.82) is 0 Å². The summed E-state index contributed by atoms with van der Waals surface area (Å²) in [5.74, 6) is 0.167. The predicted octanol–water partition coefficient (Wildman–Crippen LogP) is 1.85. The predicted molar refractivity (Wildman–Crippen MR) is 56.6 cm³/mol. The number of rotatable bonds is 3. The molecule has 0 aliphatic rings. The Labute approximate surface area is 85.0 Å². The summed E-state index contributed by atoms with van der Waals surface area (Å²) >= 11 is 0. The van der Waals surface area contributed by atoms with Crippen molar-refractivity contribution in [1.82, 2.24) is 4.90 Å². The molecule has 0 saturated carbocycles. The van der Waals surface area contributed by atoms with E-state index in [2.05, 4.69) is 0 Å². The minimum Gasteiger partial charge on any atom is -0.302 e. The lowest BCUT2D eigenvalue weighted by molar-refractivity contribution is 0.0958. The molecule has 0 aliphatic carbocycles. The number of carbonyl (C=O) groups is 1. The van der Waals surface area contributed by atoms with E-state index >= 15 is 0 Å². The zero-order chi connectivity index (χ0) is 8.97. The summed E-state index contributed by atoms with van der Waals surface area (Å²) in [7, 11) is 3.78. The van der Waals surface area contributed by atoms with Crippen molar-refractivity contribution >= 4 is 18.2 Å². The van der Waals surface area contributed by atoms with Gasteiger partial charge in [0, 0.05) is 5.56 Å². The molecule has 0 saturated heterocycles. The first-order valence-electron chi connectivity index (χ1n) is 3.93. The van der Waals surface area contributed by atoms with Crippen LogP contribution in [0.2, 0.25) is 0 Å². The summed E-state index contributed by atoms with van der Waals surface area (Å²) in [6, 6.07) is 9.34. The maximum atomic E-state index is 11.4. The van der Waals surface area contributed by atoms with Crippen molar-refractivity contribution in [2.45, 2.75) is 0 Å². The first-order valence-corrected chi connectivity index (χ1v) is 3.93. The highest BCUT2D eigenvalue weighted by atomic mass is 35.5. The molecular formula is C10H14ClNO. The van der Waals surface area contributed by atoms with Gasteiger partial charge in [-0.25, -0.2) is 0 Å². The van der Waals surface area contributed by atoms with Crippen LogP contribution in [0.25, 0.3) is 0 Å². The molecule has 1 rings (SSSR count). The molecule has 1 aromatic rings. The molecule has 0 atom stereocenters. The molecular weight excluding hydrogens is 186 g/mol. The van der Waals surface area contributed by atoms with Crippen LogP contribution in [0.5, 0.6) is 0 Å². The van der Waals surface area contributed by atoms with Crippen LogP contribution >= 0.6 is 12.4 Å². The quantitative estimate of drug-likeness (QED) is 0.693. The van der Waals surface area contributed by atoms with Gasteiger partial charge in [-0.05, 0) is 14.1 Å². The Morgan fingerprint density at radius 1 is 1.23 bits per heavy atom. The SMILES string of the molecule is CN(C)CC(=O)c1ccccc1.Cl. The number of likely N-dealkylation sites (N-methyl/N-ethyl adjacent to an activating group) is 1. The summed E-state index contributed by atoms with van der Waals surface area (Å²) in [5.41, 5.74) is 0.784. The summed E-state index contributed by atoms with van der Waals surface area (Å²) in [5, 5.41) is 0. The molecule has 3 heteroatoms. The summed E-state index contributed by atoms with van der Waals surface area (Å²) in [4.78, 5) is 13.3. The average Bonchev–Trinajstić information content (AvgIpc) is 2.05. The summed E-state index contributed by atoms with van der Waals surface area (Å²) in [6.07, 6.45) is 0. The fraction of sp³-hybridized carbons (Fsp3) is 0.300. The minimum absolute atomic E-state index is 0. The van der Waals surface area contributed by atoms with Gasteiger partial charge >= 0.3 is 0 Å². The maximum absolute atomic E-state index is 11.4. The first kappa shape index (κ1) is 12.1. The van der Waals surface area contributed by atoms with Crippen molar-refractivity contribution in [3.8, 4) is 0 Å². The third-order valence-electron chi connectivity index (χ3n) is 1.56. The summed E-state index contributed by atoms with van der Waals surface area (Å²) in [6.45, 7) is 0.476. The Bertz CT molecular complexity index is 259. The van der Waals surface area contributed by atoms with Crippen molar-refractivity contribution in [3.05, 3.63) is 35.9 Å². The molecule has 0 spiro atoms. The maximum Gasteiger partial charge on any atom is 0.176 e. The van der Waals surface area contributed by atoms with Crippen LogP contribution < -0.4 is 0 Å². The second-order valence-corrected chi connectivity index (χ2v) is 3.03. The van der Waals surface area contributed by atoms with E-state index in [4.69, 9.17) is 0 Å². The fourth-order valence-corrected chi connectivity index (χ4v) is 1.00. The van der Waals surface area contributed by atoms with Crippen LogP contribution in [-0.2, 0) is 0 Å². The highest BCUT2D eigenvalue weighted by molar-refractivity contribution is 5.97. The average molecular weight is 200 g/mol. The molecule has 0 aliphatic heterocycles. The Hall–Kier alpha value is -0.860. The zero-order valence-corrected chi connectivity index (χ0v) is 8.67. The van der Waals surface area contributed by atoms with E-state index in [0.717, 1.165) is 5.56 Å². The van der Waals surface area contributed by atoms with Crippen molar-refractivity contribution in [2.75, 3.05) is 20.6 Å². The number of nitrogens with zero attached hydrogens (tertiary/aromatic N) is 1. The molecule has 0 N–H and O–H groups in total. The normalized spacial score (nSPS) is 9.46. The number of halogens is 1. The molecule has 1 aromatic carbocycles. The van der Waals surface area contributed by atoms with Gasteiger partial charge in [-0.15, -0.1) is 12.4 Å². The molecule has 2 nitrogen and oxygen atoms in total. The Balaban J connectivity index is 0.00000144. The van der Waals surface area contributed by atoms with E-state index in [0.29, 0.717) is 6.54 Å². The number of benzene rings is 1.